The lowest BCUT2D eigenvalue weighted by Gasteiger charge is -2.17. The van der Waals surface area contributed by atoms with E-state index in [1.54, 1.807) is 16.4 Å². The predicted octanol–water partition coefficient (Wildman–Crippen LogP) is 5.05. The fraction of sp³-hybridized carbons (Fsp3) is 0.158. The van der Waals surface area contributed by atoms with Gasteiger partial charge in [0.05, 0.1) is 10.7 Å². The number of carbonyl (C=O) groups excluding carboxylic acids is 1. The number of aromatic nitrogens is 2. The number of amides is 1. The smallest absolute Gasteiger partial charge is 0.276 e. The lowest BCUT2D eigenvalue weighted by Crippen LogP contribution is -2.15. The van der Waals surface area contributed by atoms with E-state index in [-0.39, 0.29) is 10.9 Å². The van der Waals surface area contributed by atoms with Gasteiger partial charge >= 0.3 is 0 Å². The first-order valence-corrected chi connectivity index (χ1v) is 9.36. The Morgan fingerprint density at radius 1 is 1.31 bits per heavy atom. The van der Waals surface area contributed by atoms with Gasteiger partial charge in [0.1, 0.15) is 5.82 Å². The molecular weight excluding hydrogens is 373 g/mol. The molecule has 0 fully saturated rings. The summed E-state index contributed by atoms with van der Waals surface area (Å²) in [6, 6.07) is 10.4. The molecule has 1 N–H and O–H groups in total. The number of benzene rings is 2. The van der Waals surface area contributed by atoms with Crippen LogP contribution in [0.1, 0.15) is 21.6 Å². The van der Waals surface area contributed by atoms with E-state index in [2.05, 4.69) is 28.6 Å². The van der Waals surface area contributed by atoms with Crippen LogP contribution in [0.2, 0.25) is 5.02 Å². The number of hydrogen-bond donors (Lipinski definition) is 1. The lowest BCUT2D eigenvalue weighted by molar-refractivity contribution is 0.102. The van der Waals surface area contributed by atoms with E-state index in [0.717, 1.165) is 22.4 Å². The first kappa shape index (κ1) is 17.1. The Balaban J connectivity index is 1.72. The predicted molar refractivity (Wildman–Crippen MR) is 102 cm³/mol. The Morgan fingerprint density at radius 3 is 2.88 bits per heavy atom. The maximum absolute atomic E-state index is 13.3. The minimum Gasteiger partial charge on any atom is -0.321 e. The number of hydrogen-bond acceptors (Lipinski definition) is 3. The van der Waals surface area contributed by atoms with Gasteiger partial charge in [0.15, 0.2) is 5.69 Å². The van der Waals surface area contributed by atoms with Crippen LogP contribution in [-0.4, -0.2) is 15.7 Å². The molecule has 0 aliphatic carbocycles. The second-order valence-electron chi connectivity index (χ2n) is 6.17. The molecule has 2 aromatic carbocycles. The first-order valence-electron chi connectivity index (χ1n) is 8.00. The van der Waals surface area contributed by atoms with Crippen LogP contribution in [0.3, 0.4) is 0 Å². The third-order valence-corrected chi connectivity index (χ3v) is 5.69. The van der Waals surface area contributed by atoms with E-state index in [1.807, 2.05) is 14.0 Å². The standard InChI is InChI=1S/C19H15ClFN3OS/c1-10-3-6-16-12(7-10)18-13(9-26-16)17(23-24(18)2)19(25)22-11-4-5-15(21)14(20)8-11/h3-8H,9H2,1-2H3,(H,22,25). The van der Waals surface area contributed by atoms with E-state index in [9.17, 15) is 9.18 Å². The molecule has 0 atom stereocenters. The molecule has 132 valence electrons. The third-order valence-electron chi connectivity index (χ3n) is 4.30. The molecule has 26 heavy (non-hydrogen) atoms. The number of thioether (sulfide) groups is 1. The van der Waals surface area contributed by atoms with E-state index < -0.39 is 5.82 Å². The number of rotatable bonds is 2. The molecule has 1 aliphatic rings. The van der Waals surface area contributed by atoms with Crippen molar-refractivity contribution in [1.29, 1.82) is 0 Å². The summed E-state index contributed by atoms with van der Waals surface area (Å²) in [5.41, 5.74) is 4.93. The van der Waals surface area contributed by atoms with Crippen molar-refractivity contribution in [3.63, 3.8) is 0 Å². The summed E-state index contributed by atoms with van der Waals surface area (Å²) in [6.07, 6.45) is 0. The van der Waals surface area contributed by atoms with Crippen LogP contribution in [0.5, 0.6) is 0 Å². The van der Waals surface area contributed by atoms with Gasteiger partial charge in [-0.2, -0.15) is 5.10 Å². The zero-order valence-electron chi connectivity index (χ0n) is 14.1. The van der Waals surface area contributed by atoms with Crippen LogP contribution >= 0.6 is 23.4 Å². The van der Waals surface area contributed by atoms with Gasteiger partial charge in [-0.1, -0.05) is 23.2 Å². The van der Waals surface area contributed by atoms with Crippen molar-refractivity contribution in [3.8, 4) is 11.3 Å². The number of carbonyl (C=O) groups is 1. The zero-order valence-corrected chi connectivity index (χ0v) is 15.7. The molecule has 3 aromatic rings. The monoisotopic (exact) mass is 387 g/mol. The quantitative estimate of drug-likeness (QED) is 0.669. The fourth-order valence-electron chi connectivity index (χ4n) is 3.09. The van der Waals surface area contributed by atoms with Crippen LogP contribution in [0, 0.1) is 12.7 Å². The van der Waals surface area contributed by atoms with Gasteiger partial charge in [0.2, 0.25) is 0 Å². The maximum Gasteiger partial charge on any atom is 0.276 e. The van der Waals surface area contributed by atoms with Gasteiger partial charge in [-0.15, -0.1) is 11.8 Å². The highest BCUT2D eigenvalue weighted by Crippen LogP contribution is 2.43. The maximum atomic E-state index is 13.3. The summed E-state index contributed by atoms with van der Waals surface area (Å²) in [6.45, 7) is 2.04. The largest absolute Gasteiger partial charge is 0.321 e. The third kappa shape index (κ3) is 2.89. The topological polar surface area (TPSA) is 46.9 Å². The first-order chi connectivity index (χ1) is 12.4. The molecule has 2 heterocycles. The number of aryl methyl sites for hydroxylation is 2. The number of nitrogens with one attached hydrogen (secondary N) is 1. The molecule has 1 amide bonds. The summed E-state index contributed by atoms with van der Waals surface area (Å²) in [5.74, 6) is -0.184. The summed E-state index contributed by atoms with van der Waals surface area (Å²) in [4.78, 5) is 13.9. The lowest BCUT2D eigenvalue weighted by atomic mass is 10.0. The van der Waals surface area contributed by atoms with Crippen LogP contribution in [0.15, 0.2) is 41.3 Å². The number of anilines is 1. The van der Waals surface area contributed by atoms with Gasteiger partial charge in [-0.05, 0) is 37.3 Å². The molecule has 0 bridgehead atoms. The summed E-state index contributed by atoms with van der Waals surface area (Å²) in [7, 11) is 1.84. The molecule has 0 radical (unpaired) electrons. The Morgan fingerprint density at radius 2 is 2.12 bits per heavy atom. The van der Waals surface area contributed by atoms with Gasteiger partial charge in [0, 0.05) is 34.5 Å². The number of fused-ring (bicyclic) bond motifs is 3. The van der Waals surface area contributed by atoms with E-state index >= 15 is 0 Å². The fourth-order valence-corrected chi connectivity index (χ4v) is 4.32. The highest BCUT2D eigenvalue weighted by Gasteiger charge is 2.27. The minimum atomic E-state index is -0.525. The van der Waals surface area contributed by atoms with Crippen molar-refractivity contribution >= 4 is 35.0 Å². The van der Waals surface area contributed by atoms with Gasteiger partial charge < -0.3 is 5.32 Å². The molecule has 1 aliphatic heterocycles. The second kappa shape index (κ2) is 6.45. The highest BCUT2D eigenvalue weighted by atomic mass is 35.5. The van der Waals surface area contributed by atoms with Crippen molar-refractivity contribution in [2.24, 2.45) is 7.05 Å². The molecule has 0 unspecified atom stereocenters. The molecular formula is C19H15ClFN3OS. The van der Waals surface area contributed by atoms with Crippen molar-refractivity contribution in [2.75, 3.05) is 5.32 Å². The Kier molecular flexibility index (Phi) is 4.25. The van der Waals surface area contributed by atoms with Gasteiger partial charge in [0.25, 0.3) is 5.91 Å². The molecule has 0 spiro atoms. The number of halogens is 2. The van der Waals surface area contributed by atoms with Crippen molar-refractivity contribution < 1.29 is 9.18 Å². The highest BCUT2D eigenvalue weighted by molar-refractivity contribution is 7.98. The van der Waals surface area contributed by atoms with Gasteiger partial charge in [-0.25, -0.2) is 4.39 Å². The summed E-state index contributed by atoms with van der Waals surface area (Å²) in [5, 5.41) is 7.15. The van der Waals surface area contributed by atoms with Crippen molar-refractivity contribution in [3.05, 3.63) is 64.1 Å². The molecule has 4 nitrogen and oxygen atoms in total. The van der Waals surface area contributed by atoms with Crippen molar-refractivity contribution in [2.45, 2.75) is 17.6 Å². The Bertz CT molecular complexity index is 1050. The van der Waals surface area contributed by atoms with Crippen LogP contribution in [-0.2, 0) is 12.8 Å². The van der Waals surface area contributed by atoms with E-state index in [1.165, 1.54) is 23.1 Å². The molecule has 0 saturated carbocycles. The molecule has 4 rings (SSSR count). The zero-order chi connectivity index (χ0) is 18.4. The average Bonchev–Trinajstić information content (AvgIpc) is 2.95. The Hall–Kier alpha value is -2.31. The van der Waals surface area contributed by atoms with Crippen LogP contribution in [0.4, 0.5) is 10.1 Å². The second-order valence-corrected chi connectivity index (χ2v) is 7.60. The molecule has 0 saturated heterocycles. The molecule has 1 aromatic heterocycles. The average molecular weight is 388 g/mol. The summed E-state index contributed by atoms with van der Waals surface area (Å²) >= 11 is 7.48. The SMILES string of the molecule is Cc1ccc2c(c1)-c1c(c(C(=O)Nc3ccc(F)c(Cl)c3)nn1C)CS2. The van der Waals surface area contributed by atoms with Crippen LogP contribution in [0.25, 0.3) is 11.3 Å². The van der Waals surface area contributed by atoms with E-state index in [0.29, 0.717) is 17.1 Å². The van der Waals surface area contributed by atoms with E-state index in [4.69, 9.17) is 11.6 Å². The molecule has 7 heteroatoms. The minimum absolute atomic E-state index is 0.0363. The number of nitrogens with zero attached hydrogens (tertiary/aromatic N) is 2. The van der Waals surface area contributed by atoms with Crippen molar-refractivity contribution in [1.82, 2.24) is 9.78 Å². The summed E-state index contributed by atoms with van der Waals surface area (Å²) < 4.78 is 15.0. The van der Waals surface area contributed by atoms with Crippen LogP contribution < -0.4 is 5.32 Å². The van der Waals surface area contributed by atoms with Gasteiger partial charge in [-0.3, -0.25) is 9.48 Å². The Labute approximate surface area is 159 Å². The normalized spacial score (nSPS) is 12.5.